The van der Waals surface area contributed by atoms with E-state index in [1.807, 2.05) is 66.9 Å². The second kappa shape index (κ2) is 7.55. The number of aromatic nitrogens is 2. The average Bonchev–Trinajstić information content (AvgIpc) is 3.13. The lowest BCUT2D eigenvalue weighted by Gasteiger charge is -2.07. The summed E-state index contributed by atoms with van der Waals surface area (Å²) in [6.07, 6.45) is 0. The van der Waals surface area contributed by atoms with Crippen LogP contribution in [0, 0.1) is 6.92 Å². The van der Waals surface area contributed by atoms with Gasteiger partial charge in [-0.25, -0.2) is 4.98 Å². The van der Waals surface area contributed by atoms with Gasteiger partial charge in [0.05, 0.1) is 16.8 Å². The average molecular weight is 375 g/mol. The van der Waals surface area contributed by atoms with Crippen molar-refractivity contribution in [3.05, 3.63) is 83.0 Å². The molecule has 27 heavy (non-hydrogen) atoms. The summed E-state index contributed by atoms with van der Waals surface area (Å²) in [5, 5.41) is 6.14. The first-order chi connectivity index (χ1) is 13.2. The van der Waals surface area contributed by atoms with E-state index in [4.69, 9.17) is 4.74 Å². The molecule has 1 amide bonds. The Balaban J connectivity index is 1.48. The Bertz CT molecular complexity index is 1090. The molecule has 1 N–H and O–H groups in total. The molecular weight excluding hydrogens is 358 g/mol. The number of nitrogens with zero attached hydrogens (tertiary/aromatic N) is 2. The minimum Gasteiger partial charge on any atom is -0.487 e. The molecule has 0 aliphatic heterocycles. The molecule has 0 aliphatic rings. The standard InChI is InChI=1S/C21H17N3O2S/c1-14-11-18(17-9-5-6-10-19(17)22-14)20(25)24-21-23-15(13-27-21)12-26-16-7-3-2-4-8-16/h2-11,13H,12H2,1H3,(H,23,24,25). The van der Waals surface area contributed by atoms with Gasteiger partial charge in [0, 0.05) is 16.5 Å². The van der Waals surface area contributed by atoms with E-state index < -0.39 is 0 Å². The van der Waals surface area contributed by atoms with Gasteiger partial charge >= 0.3 is 0 Å². The van der Waals surface area contributed by atoms with Crippen LogP contribution in [0.3, 0.4) is 0 Å². The highest BCUT2D eigenvalue weighted by molar-refractivity contribution is 7.14. The van der Waals surface area contributed by atoms with Gasteiger partial charge in [0.1, 0.15) is 12.4 Å². The van der Waals surface area contributed by atoms with Gasteiger partial charge in [-0.15, -0.1) is 11.3 Å². The van der Waals surface area contributed by atoms with Crippen molar-refractivity contribution in [2.75, 3.05) is 5.32 Å². The summed E-state index contributed by atoms with van der Waals surface area (Å²) in [5.74, 6) is 0.594. The number of benzene rings is 2. The third kappa shape index (κ3) is 3.96. The molecule has 0 saturated heterocycles. The summed E-state index contributed by atoms with van der Waals surface area (Å²) >= 11 is 1.38. The topological polar surface area (TPSA) is 64.1 Å². The van der Waals surface area contributed by atoms with Gasteiger partial charge in [0.25, 0.3) is 5.91 Å². The van der Waals surface area contributed by atoms with Crippen LogP contribution in [-0.2, 0) is 6.61 Å². The summed E-state index contributed by atoms with van der Waals surface area (Å²) in [7, 11) is 0. The van der Waals surface area contributed by atoms with Crippen molar-refractivity contribution in [3.8, 4) is 5.75 Å². The Hall–Kier alpha value is -3.25. The van der Waals surface area contributed by atoms with Crippen LogP contribution in [0.15, 0.2) is 66.0 Å². The van der Waals surface area contributed by atoms with E-state index in [2.05, 4.69) is 15.3 Å². The maximum Gasteiger partial charge on any atom is 0.258 e. The third-order valence-corrected chi connectivity index (χ3v) is 4.80. The highest BCUT2D eigenvalue weighted by atomic mass is 32.1. The molecule has 0 bridgehead atoms. The Morgan fingerprint density at radius 3 is 2.70 bits per heavy atom. The van der Waals surface area contributed by atoms with Crippen LogP contribution in [0.4, 0.5) is 5.13 Å². The summed E-state index contributed by atoms with van der Waals surface area (Å²) < 4.78 is 5.69. The number of amides is 1. The Labute approximate surface area is 160 Å². The highest BCUT2D eigenvalue weighted by Crippen LogP contribution is 2.22. The molecule has 2 aromatic carbocycles. The molecule has 0 radical (unpaired) electrons. The quantitative estimate of drug-likeness (QED) is 0.543. The zero-order valence-corrected chi connectivity index (χ0v) is 15.5. The van der Waals surface area contributed by atoms with Gasteiger partial charge in [-0.3, -0.25) is 15.1 Å². The molecule has 2 heterocycles. The zero-order valence-electron chi connectivity index (χ0n) is 14.7. The molecule has 134 valence electrons. The third-order valence-electron chi connectivity index (χ3n) is 3.99. The van der Waals surface area contributed by atoms with Crippen molar-refractivity contribution in [2.45, 2.75) is 13.5 Å². The van der Waals surface area contributed by atoms with Crippen LogP contribution in [0.25, 0.3) is 10.9 Å². The van der Waals surface area contributed by atoms with Crippen molar-refractivity contribution in [1.82, 2.24) is 9.97 Å². The molecule has 4 rings (SSSR count). The summed E-state index contributed by atoms with van der Waals surface area (Å²) in [6.45, 7) is 2.24. The van der Waals surface area contributed by atoms with E-state index in [0.29, 0.717) is 17.3 Å². The Kier molecular flexibility index (Phi) is 4.80. The fraction of sp³-hybridized carbons (Fsp3) is 0.0952. The van der Waals surface area contributed by atoms with Gasteiger partial charge in [-0.05, 0) is 31.2 Å². The van der Waals surface area contributed by atoms with Crippen molar-refractivity contribution >= 4 is 33.3 Å². The molecule has 4 aromatic rings. The predicted molar refractivity (Wildman–Crippen MR) is 107 cm³/mol. The number of nitrogens with one attached hydrogen (secondary N) is 1. The first kappa shape index (κ1) is 17.2. The van der Waals surface area contributed by atoms with Crippen LogP contribution in [0.1, 0.15) is 21.7 Å². The molecule has 0 fully saturated rings. The number of carbonyl (C=O) groups excluding carboxylic acids is 1. The number of hydrogen-bond acceptors (Lipinski definition) is 5. The Morgan fingerprint density at radius 2 is 1.85 bits per heavy atom. The first-order valence-corrected chi connectivity index (χ1v) is 9.37. The number of para-hydroxylation sites is 2. The predicted octanol–water partition coefficient (Wildman–Crippen LogP) is 4.83. The molecule has 5 nitrogen and oxygen atoms in total. The van der Waals surface area contributed by atoms with Gasteiger partial charge in [-0.1, -0.05) is 36.4 Å². The van der Waals surface area contributed by atoms with Crippen molar-refractivity contribution in [3.63, 3.8) is 0 Å². The lowest BCUT2D eigenvalue weighted by molar-refractivity contribution is 0.102. The molecular formula is C21H17N3O2S. The number of carbonyl (C=O) groups is 1. The minimum absolute atomic E-state index is 0.193. The smallest absolute Gasteiger partial charge is 0.258 e. The lowest BCUT2D eigenvalue weighted by atomic mass is 10.1. The Morgan fingerprint density at radius 1 is 1.07 bits per heavy atom. The first-order valence-electron chi connectivity index (χ1n) is 8.49. The molecule has 0 saturated carbocycles. The van der Waals surface area contributed by atoms with Crippen molar-refractivity contribution in [2.24, 2.45) is 0 Å². The SMILES string of the molecule is Cc1cc(C(=O)Nc2nc(COc3ccccc3)cs2)c2ccccc2n1. The summed E-state index contributed by atoms with van der Waals surface area (Å²) in [6, 6.07) is 19.0. The van der Waals surface area contributed by atoms with Crippen LogP contribution in [-0.4, -0.2) is 15.9 Å². The molecule has 0 unspecified atom stereocenters. The molecule has 6 heteroatoms. The van der Waals surface area contributed by atoms with E-state index in [0.717, 1.165) is 28.0 Å². The molecule has 0 aliphatic carbocycles. The molecule has 0 atom stereocenters. The maximum atomic E-state index is 12.8. The highest BCUT2D eigenvalue weighted by Gasteiger charge is 2.14. The normalized spacial score (nSPS) is 10.7. The fourth-order valence-electron chi connectivity index (χ4n) is 2.76. The summed E-state index contributed by atoms with van der Waals surface area (Å²) in [4.78, 5) is 21.7. The number of pyridine rings is 1. The maximum absolute atomic E-state index is 12.8. The van der Waals surface area contributed by atoms with E-state index >= 15 is 0 Å². The second-order valence-electron chi connectivity index (χ2n) is 6.03. The van der Waals surface area contributed by atoms with E-state index in [-0.39, 0.29) is 5.91 Å². The van der Waals surface area contributed by atoms with Gasteiger partial charge in [0.15, 0.2) is 5.13 Å². The number of rotatable bonds is 5. The van der Waals surface area contributed by atoms with Crippen molar-refractivity contribution in [1.29, 1.82) is 0 Å². The second-order valence-corrected chi connectivity index (χ2v) is 6.89. The zero-order chi connectivity index (χ0) is 18.6. The van der Waals surface area contributed by atoms with Crippen LogP contribution >= 0.6 is 11.3 Å². The van der Waals surface area contributed by atoms with Gasteiger partial charge < -0.3 is 4.74 Å². The number of ether oxygens (including phenoxy) is 1. The number of hydrogen-bond donors (Lipinski definition) is 1. The molecule has 0 spiro atoms. The van der Waals surface area contributed by atoms with E-state index in [9.17, 15) is 4.79 Å². The molecule has 2 aromatic heterocycles. The summed E-state index contributed by atoms with van der Waals surface area (Å²) in [5.41, 5.74) is 2.97. The van der Waals surface area contributed by atoms with Gasteiger partial charge in [-0.2, -0.15) is 0 Å². The monoisotopic (exact) mass is 375 g/mol. The van der Waals surface area contributed by atoms with Crippen LogP contribution < -0.4 is 10.1 Å². The fourth-order valence-corrected chi connectivity index (χ4v) is 3.45. The van der Waals surface area contributed by atoms with Crippen LogP contribution in [0.2, 0.25) is 0 Å². The number of fused-ring (bicyclic) bond motifs is 1. The number of thiazole rings is 1. The van der Waals surface area contributed by atoms with E-state index in [1.165, 1.54) is 11.3 Å². The van der Waals surface area contributed by atoms with Crippen LogP contribution in [0.5, 0.6) is 5.75 Å². The number of aryl methyl sites for hydroxylation is 1. The largest absolute Gasteiger partial charge is 0.487 e. The number of anilines is 1. The lowest BCUT2D eigenvalue weighted by Crippen LogP contribution is -2.13. The van der Waals surface area contributed by atoms with Gasteiger partial charge in [0.2, 0.25) is 0 Å². The van der Waals surface area contributed by atoms with E-state index in [1.54, 1.807) is 6.07 Å². The van der Waals surface area contributed by atoms with Crippen molar-refractivity contribution < 1.29 is 9.53 Å². The minimum atomic E-state index is -0.193.